The van der Waals surface area contributed by atoms with E-state index in [9.17, 15) is 26.3 Å². The lowest BCUT2D eigenvalue weighted by Crippen LogP contribution is -2.53. The predicted molar refractivity (Wildman–Crippen MR) is 308 cm³/mol. The third-order valence-corrected chi connectivity index (χ3v) is 15.9. The molecule has 79 heavy (non-hydrogen) atoms. The van der Waals surface area contributed by atoms with Crippen LogP contribution in [0.1, 0.15) is 287 Å². The Balaban J connectivity index is 2.10. The van der Waals surface area contributed by atoms with Crippen molar-refractivity contribution in [3.05, 3.63) is 89.0 Å². The molecule has 450 valence electrons. The molecule has 3 aromatic rings. The Kier molecular flexibility index (Phi) is 35.1. The number of unbranched alkanes of at least 4 members (excludes halogenated alkanes) is 31. The van der Waals surface area contributed by atoms with Gasteiger partial charge in [-0.15, -0.1) is 0 Å². The van der Waals surface area contributed by atoms with Crippen LogP contribution in [0.3, 0.4) is 0 Å². The van der Waals surface area contributed by atoms with Crippen LogP contribution in [-0.2, 0) is 18.5 Å². The molecule has 0 aliphatic heterocycles. The van der Waals surface area contributed by atoms with E-state index in [0.717, 1.165) is 222 Å². The molecule has 0 amide bonds. The quantitative estimate of drug-likeness (QED) is 0.0244. The van der Waals surface area contributed by atoms with Crippen molar-refractivity contribution in [3.63, 3.8) is 0 Å². The van der Waals surface area contributed by atoms with Crippen LogP contribution in [0.2, 0.25) is 0 Å². The fraction of sp³-hybridized carbons (Fsp3) is 0.723. The van der Waals surface area contributed by atoms with E-state index < -0.39 is 48.6 Å². The van der Waals surface area contributed by atoms with Gasteiger partial charge in [-0.05, 0) is 112 Å². The first kappa shape index (κ1) is 69.7. The Labute approximate surface area is 472 Å². The van der Waals surface area contributed by atoms with E-state index in [4.69, 9.17) is 14.0 Å². The lowest BCUT2D eigenvalue weighted by molar-refractivity contribution is -0.958. The highest BCUT2D eigenvalue weighted by Crippen LogP contribution is 2.44. The molecule has 0 fully saturated rings. The number of nitrogens with zero attached hydrogens (tertiary/aromatic N) is 1. The Morgan fingerprint density at radius 1 is 0.342 bits per heavy atom. The van der Waals surface area contributed by atoms with E-state index in [2.05, 4.69) is 27.7 Å². The molecule has 0 saturated carbocycles. The monoisotopic (exact) mass is 1130 g/mol. The molecule has 0 bridgehead atoms. The Morgan fingerprint density at radius 2 is 0.620 bits per heavy atom. The number of halogens is 9. The minimum absolute atomic E-state index is 0.0603. The first-order chi connectivity index (χ1) is 38.0. The summed E-state index contributed by atoms with van der Waals surface area (Å²) in [4.78, 5) is 0. The molecule has 0 N–H and O–H groups in total. The molecule has 4 nitrogen and oxygen atoms in total. The van der Waals surface area contributed by atoms with Crippen molar-refractivity contribution in [1.29, 1.82) is 0 Å². The fourth-order valence-corrected chi connectivity index (χ4v) is 11.1. The molecule has 0 aliphatic carbocycles. The first-order valence-corrected chi connectivity index (χ1v) is 31.4. The molecular formula is C65H102BF9NO3+. The summed E-state index contributed by atoms with van der Waals surface area (Å²) in [5, 5.41) is 0. The lowest BCUT2D eigenvalue weighted by Gasteiger charge is -2.46. The van der Waals surface area contributed by atoms with E-state index in [1.165, 1.54) is 89.2 Å². The molecule has 0 heterocycles. The molecule has 0 radical (unpaired) electrons. The largest absolute Gasteiger partial charge is 0.864 e. The summed E-state index contributed by atoms with van der Waals surface area (Å²) in [6.45, 7) is 11.2. The number of alkyl halides is 9. The summed E-state index contributed by atoms with van der Waals surface area (Å²) in [6.07, 6.45) is 26.4. The topological polar surface area (TPSA) is 27.7 Å². The molecule has 0 aliphatic rings. The van der Waals surface area contributed by atoms with E-state index in [1.807, 2.05) is 0 Å². The van der Waals surface area contributed by atoms with E-state index >= 15 is 13.2 Å². The van der Waals surface area contributed by atoms with E-state index in [-0.39, 0.29) is 17.2 Å². The molecule has 3 rings (SSSR count). The van der Waals surface area contributed by atoms with Gasteiger partial charge in [-0.2, -0.15) is 39.5 Å². The van der Waals surface area contributed by atoms with Crippen LogP contribution in [-0.4, -0.2) is 31.4 Å². The first-order valence-electron chi connectivity index (χ1n) is 31.4. The van der Waals surface area contributed by atoms with Gasteiger partial charge in [0, 0.05) is 6.42 Å². The van der Waals surface area contributed by atoms with Crippen LogP contribution < -0.4 is 14.0 Å². The SMILES string of the molecule is CCCCCCCCCCCCCCCCCCCC(c1cc(C(F)(F)F)ccc1OB(Oc1ccc(C(F)(F)F)cc1)Oc1ccc(C(F)(F)F)cc1)[N+](CCCCCCCC)(CCCCCCCC)CCCCCCCC. The van der Waals surface area contributed by atoms with E-state index in [1.54, 1.807) is 0 Å². The van der Waals surface area contributed by atoms with Gasteiger partial charge in [-0.3, -0.25) is 0 Å². The standard InChI is InChI=1S/C65H102BF9NO3/c1-5-9-13-17-21-22-23-24-25-26-27-28-29-30-31-32-36-40-61(76(51-37-33-18-14-10-6-2,52-38-34-19-15-11-7-3)53-39-35-20-16-12-8-4)60-54-57(65(73,74)75)45-50-62(60)79-66(77-58-46-41-55(42-47-58)63(67,68)69)78-59-48-43-56(44-49-59)64(70,71)72/h41-50,54,61H,5-40,51-53H2,1-4H3/q+1. The average Bonchev–Trinajstić information content (AvgIpc) is 3.53. The van der Waals surface area contributed by atoms with Crippen LogP contribution in [0.5, 0.6) is 17.2 Å². The highest BCUT2D eigenvalue weighted by molar-refractivity contribution is 6.39. The Bertz CT molecular complexity index is 1860. The average molecular weight is 1130 g/mol. The van der Waals surface area contributed by atoms with E-state index in [0.29, 0.717) is 16.5 Å². The fourth-order valence-electron chi connectivity index (χ4n) is 11.1. The number of benzene rings is 3. The molecule has 0 saturated heterocycles. The van der Waals surface area contributed by atoms with Gasteiger partial charge in [0.15, 0.2) is 0 Å². The zero-order valence-corrected chi connectivity index (χ0v) is 49.2. The van der Waals surface area contributed by atoms with Gasteiger partial charge in [0.1, 0.15) is 23.3 Å². The highest BCUT2D eigenvalue weighted by atomic mass is 19.4. The molecule has 0 spiro atoms. The second kappa shape index (κ2) is 39.8. The van der Waals surface area contributed by atoms with Crippen molar-refractivity contribution < 1.29 is 58.0 Å². The summed E-state index contributed by atoms with van der Waals surface area (Å²) in [6, 6.07) is 10.6. The summed E-state index contributed by atoms with van der Waals surface area (Å²) < 4.78 is 147. The maximum absolute atomic E-state index is 15.1. The third-order valence-electron chi connectivity index (χ3n) is 15.9. The second-order valence-corrected chi connectivity index (χ2v) is 22.6. The second-order valence-electron chi connectivity index (χ2n) is 22.6. The zero-order chi connectivity index (χ0) is 57.7. The molecule has 0 aromatic heterocycles. The lowest BCUT2D eigenvalue weighted by atomic mass is 9.91. The van der Waals surface area contributed by atoms with Gasteiger partial charge in [0.05, 0.1) is 41.9 Å². The van der Waals surface area contributed by atoms with Gasteiger partial charge < -0.3 is 18.4 Å². The molecular weight excluding hydrogens is 1020 g/mol. The van der Waals surface area contributed by atoms with Gasteiger partial charge >= 0.3 is 25.9 Å². The molecule has 3 aromatic carbocycles. The van der Waals surface area contributed by atoms with Crippen LogP contribution in [0.4, 0.5) is 39.5 Å². The van der Waals surface area contributed by atoms with Crippen molar-refractivity contribution in [2.24, 2.45) is 0 Å². The predicted octanol–water partition coefficient (Wildman–Crippen LogP) is 23.2. The summed E-state index contributed by atoms with van der Waals surface area (Å²) in [5.74, 6) is -0.166. The van der Waals surface area contributed by atoms with Crippen LogP contribution in [0, 0.1) is 0 Å². The van der Waals surface area contributed by atoms with Crippen molar-refractivity contribution in [3.8, 4) is 17.2 Å². The van der Waals surface area contributed by atoms with Gasteiger partial charge in [0.2, 0.25) is 0 Å². The zero-order valence-electron chi connectivity index (χ0n) is 49.2. The third kappa shape index (κ3) is 29.3. The van der Waals surface area contributed by atoms with Crippen molar-refractivity contribution >= 4 is 7.32 Å². The molecule has 1 unspecified atom stereocenters. The van der Waals surface area contributed by atoms with Crippen molar-refractivity contribution in [2.75, 3.05) is 19.6 Å². The Hall–Kier alpha value is -3.55. The summed E-state index contributed by atoms with van der Waals surface area (Å²) >= 11 is 0. The normalized spacial score (nSPS) is 12.8. The molecule has 1 atom stereocenters. The maximum Gasteiger partial charge on any atom is 0.864 e. The van der Waals surface area contributed by atoms with Crippen LogP contribution in [0.15, 0.2) is 66.7 Å². The number of quaternary nitrogens is 1. The molecule has 14 heteroatoms. The van der Waals surface area contributed by atoms with Crippen molar-refractivity contribution in [2.45, 2.75) is 283 Å². The number of hydrogen-bond acceptors (Lipinski definition) is 3. The summed E-state index contributed by atoms with van der Waals surface area (Å²) in [7, 11) is -1.83. The smallest absolute Gasteiger partial charge is 0.490 e. The highest BCUT2D eigenvalue weighted by Gasteiger charge is 2.43. The number of rotatable bonds is 47. The Morgan fingerprint density at radius 3 is 0.924 bits per heavy atom. The van der Waals surface area contributed by atoms with Crippen molar-refractivity contribution in [1.82, 2.24) is 0 Å². The van der Waals surface area contributed by atoms with Crippen LogP contribution in [0.25, 0.3) is 0 Å². The van der Waals surface area contributed by atoms with Gasteiger partial charge in [0.25, 0.3) is 0 Å². The van der Waals surface area contributed by atoms with Gasteiger partial charge in [-0.25, -0.2) is 0 Å². The maximum atomic E-state index is 15.1. The number of hydrogen-bond donors (Lipinski definition) is 0. The minimum atomic E-state index is -4.70. The summed E-state index contributed by atoms with van der Waals surface area (Å²) in [5.41, 5.74) is -2.35. The minimum Gasteiger partial charge on any atom is -0.490 e. The van der Waals surface area contributed by atoms with Gasteiger partial charge in [-0.1, -0.05) is 207 Å². The van der Waals surface area contributed by atoms with Crippen LogP contribution >= 0.6 is 0 Å².